The maximum atomic E-state index is 11.8. The Kier molecular flexibility index (Phi) is 3.57. The summed E-state index contributed by atoms with van der Waals surface area (Å²) < 4.78 is 0. The zero-order valence-corrected chi connectivity index (χ0v) is 10.2. The van der Waals surface area contributed by atoms with Crippen molar-refractivity contribution in [3.8, 4) is 0 Å². The molecule has 6 heteroatoms. The van der Waals surface area contributed by atoms with E-state index >= 15 is 0 Å². The lowest BCUT2D eigenvalue weighted by molar-refractivity contribution is -0.132. The Bertz CT molecular complexity index is 475. The van der Waals surface area contributed by atoms with Gasteiger partial charge in [-0.15, -0.1) is 0 Å². The van der Waals surface area contributed by atoms with Gasteiger partial charge in [0.2, 0.25) is 11.8 Å². The van der Waals surface area contributed by atoms with Gasteiger partial charge in [-0.05, 0) is 18.6 Å². The lowest BCUT2D eigenvalue weighted by atomic mass is 10.1. The van der Waals surface area contributed by atoms with Crippen LogP contribution in [0.2, 0.25) is 0 Å². The molecule has 0 saturated carbocycles. The molecule has 18 heavy (non-hydrogen) atoms. The van der Waals surface area contributed by atoms with Crippen LogP contribution in [0.25, 0.3) is 0 Å². The number of pyridine rings is 1. The number of imide groups is 1. The summed E-state index contributed by atoms with van der Waals surface area (Å²) >= 11 is 0. The van der Waals surface area contributed by atoms with E-state index in [0.29, 0.717) is 13.0 Å². The van der Waals surface area contributed by atoms with E-state index in [4.69, 9.17) is 5.73 Å². The molecule has 2 heterocycles. The SMILES string of the molecule is CCC1C(=O)NC(=O)CN1c1ccnc(CN)c1. The quantitative estimate of drug-likeness (QED) is 0.722. The first-order chi connectivity index (χ1) is 8.65. The van der Waals surface area contributed by atoms with Gasteiger partial charge in [-0.2, -0.15) is 0 Å². The van der Waals surface area contributed by atoms with Gasteiger partial charge in [0.25, 0.3) is 0 Å². The number of carbonyl (C=O) groups excluding carboxylic acids is 2. The van der Waals surface area contributed by atoms with Crippen molar-refractivity contribution in [1.82, 2.24) is 10.3 Å². The molecule has 1 atom stereocenters. The van der Waals surface area contributed by atoms with Crippen molar-refractivity contribution in [2.45, 2.75) is 25.9 Å². The van der Waals surface area contributed by atoms with E-state index in [9.17, 15) is 9.59 Å². The molecule has 0 spiro atoms. The van der Waals surface area contributed by atoms with Crippen molar-refractivity contribution >= 4 is 17.5 Å². The van der Waals surface area contributed by atoms with Gasteiger partial charge in [0.1, 0.15) is 6.04 Å². The third-order valence-electron chi connectivity index (χ3n) is 2.98. The summed E-state index contributed by atoms with van der Waals surface area (Å²) in [6, 6.07) is 3.28. The first kappa shape index (κ1) is 12.5. The van der Waals surface area contributed by atoms with Crippen molar-refractivity contribution in [1.29, 1.82) is 0 Å². The van der Waals surface area contributed by atoms with E-state index in [1.54, 1.807) is 17.2 Å². The topological polar surface area (TPSA) is 88.3 Å². The van der Waals surface area contributed by atoms with E-state index in [0.717, 1.165) is 11.4 Å². The van der Waals surface area contributed by atoms with Crippen molar-refractivity contribution in [2.24, 2.45) is 5.73 Å². The molecule has 96 valence electrons. The normalized spacial score (nSPS) is 19.9. The molecule has 1 aromatic rings. The van der Waals surface area contributed by atoms with E-state index in [2.05, 4.69) is 10.3 Å². The molecule has 0 bridgehead atoms. The molecule has 0 aromatic carbocycles. The fourth-order valence-corrected chi connectivity index (χ4v) is 2.10. The van der Waals surface area contributed by atoms with Crippen molar-refractivity contribution in [3.05, 3.63) is 24.0 Å². The highest BCUT2D eigenvalue weighted by Gasteiger charge is 2.32. The van der Waals surface area contributed by atoms with Crippen LogP contribution in [0.5, 0.6) is 0 Å². The number of hydrogen-bond donors (Lipinski definition) is 2. The fourth-order valence-electron chi connectivity index (χ4n) is 2.10. The van der Waals surface area contributed by atoms with Crippen LogP contribution in [0.3, 0.4) is 0 Å². The van der Waals surface area contributed by atoms with Crippen LogP contribution in [-0.2, 0) is 16.1 Å². The molecule has 1 aliphatic heterocycles. The van der Waals surface area contributed by atoms with Crippen LogP contribution in [0.4, 0.5) is 5.69 Å². The van der Waals surface area contributed by atoms with Crippen LogP contribution in [0.15, 0.2) is 18.3 Å². The maximum Gasteiger partial charge on any atom is 0.249 e. The summed E-state index contributed by atoms with van der Waals surface area (Å²) in [5, 5.41) is 2.35. The van der Waals surface area contributed by atoms with Crippen LogP contribution < -0.4 is 16.0 Å². The highest BCUT2D eigenvalue weighted by molar-refractivity contribution is 6.04. The van der Waals surface area contributed by atoms with Gasteiger partial charge >= 0.3 is 0 Å². The third-order valence-corrected chi connectivity index (χ3v) is 2.98. The minimum absolute atomic E-state index is 0.179. The number of aromatic nitrogens is 1. The van der Waals surface area contributed by atoms with Crippen molar-refractivity contribution in [3.63, 3.8) is 0 Å². The Balaban J connectivity index is 2.33. The first-order valence-electron chi connectivity index (χ1n) is 5.91. The molecule has 1 unspecified atom stereocenters. The van der Waals surface area contributed by atoms with Gasteiger partial charge in [-0.25, -0.2) is 0 Å². The minimum atomic E-state index is -0.323. The predicted molar refractivity (Wildman–Crippen MR) is 66.7 cm³/mol. The number of nitrogens with one attached hydrogen (secondary N) is 1. The average Bonchev–Trinajstić information content (AvgIpc) is 2.38. The number of hydrogen-bond acceptors (Lipinski definition) is 5. The number of amides is 2. The zero-order valence-electron chi connectivity index (χ0n) is 10.2. The Labute approximate surface area is 105 Å². The Morgan fingerprint density at radius 2 is 2.33 bits per heavy atom. The number of rotatable bonds is 3. The smallest absolute Gasteiger partial charge is 0.249 e. The monoisotopic (exact) mass is 248 g/mol. The van der Waals surface area contributed by atoms with Crippen LogP contribution in [0.1, 0.15) is 19.0 Å². The summed E-state index contributed by atoms with van der Waals surface area (Å²) in [5.41, 5.74) is 7.09. The highest BCUT2D eigenvalue weighted by Crippen LogP contribution is 2.20. The fraction of sp³-hybridized carbons (Fsp3) is 0.417. The van der Waals surface area contributed by atoms with E-state index in [1.807, 2.05) is 13.0 Å². The van der Waals surface area contributed by atoms with Crippen molar-refractivity contribution < 1.29 is 9.59 Å². The summed E-state index contributed by atoms with van der Waals surface area (Å²) in [6.45, 7) is 2.43. The van der Waals surface area contributed by atoms with Gasteiger partial charge in [-0.1, -0.05) is 6.92 Å². The Hall–Kier alpha value is -1.95. The van der Waals surface area contributed by atoms with Crippen molar-refractivity contribution in [2.75, 3.05) is 11.4 Å². The standard InChI is InChI=1S/C12H16N4O2/c1-2-10-12(18)15-11(17)7-16(10)9-3-4-14-8(5-9)6-13/h3-5,10H,2,6-7,13H2,1H3,(H,15,17,18). The minimum Gasteiger partial charge on any atom is -0.350 e. The van der Waals surface area contributed by atoms with Crippen LogP contribution in [0, 0.1) is 0 Å². The second-order valence-corrected chi connectivity index (χ2v) is 4.17. The van der Waals surface area contributed by atoms with Gasteiger partial charge < -0.3 is 10.6 Å². The molecule has 2 amide bonds. The first-order valence-corrected chi connectivity index (χ1v) is 5.91. The van der Waals surface area contributed by atoms with Gasteiger partial charge in [0, 0.05) is 18.4 Å². The highest BCUT2D eigenvalue weighted by atomic mass is 16.2. The summed E-state index contributed by atoms with van der Waals surface area (Å²) in [5.74, 6) is -0.532. The molecule has 1 saturated heterocycles. The summed E-state index contributed by atoms with van der Waals surface area (Å²) in [6.07, 6.45) is 2.28. The molecule has 6 nitrogen and oxygen atoms in total. The summed E-state index contributed by atoms with van der Waals surface area (Å²) in [4.78, 5) is 29.1. The van der Waals surface area contributed by atoms with Gasteiger partial charge in [0.05, 0.1) is 12.2 Å². The molecular formula is C12H16N4O2. The molecular weight excluding hydrogens is 232 g/mol. The Morgan fingerprint density at radius 3 is 3.00 bits per heavy atom. The van der Waals surface area contributed by atoms with E-state index in [-0.39, 0.29) is 24.4 Å². The molecule has 2 rings (SSSR count). The molecule has 1 fully saturated rings. The van der Waals surface area contributed by atoms with Crippen LogP contribution in [-0.4, -0.2) is 29.4 Å². The number of piperazine rings is 1. The van der Waals surface area contributed by atoms with E-state index in [1.165, 1.54) is 0 Å². The second kappa shape index (κ2) is 5.14. The van der Waals surface area contributed by atoms with Gasteiger partial charge in [-0.3, -0.25) is 19.9 Å². The predicted octanol–water partition coefficient (Wildman–Crippen LogP) is -0.218. The lowest BCUT2D eigenvalue weighted by Crippen LogP contribution is -2.58. The number of nitrogens with zero attached hydrogens (tertiary/aromatic N) is 2. The lowest BCUT2D eigenvalue weighted by Gasteiger charge is -2.35. The molecule has 1 aromatic heterocycles. The number of carbonyl (C=O) groups is 2. The molecule has 0 radical (unpaired) electrons. The average molecular weight is 248 g/mol. The Morgan fingerprint density at radius 1 is 1.56 bits per heavy atom. The summed E-state index contributed by atoms with van der Waals surface area (Å²) in [7, 11) is 0. The number of anilines is 1. The third kappa shape index (κ3) is 2.33. The molecule has 3 N–H and O–H groups in total. The van der Waals surface area contributed by atoms with Gasteiger partial charge in [0.15, 0.2) is 0 Å². The number of nitrogens with two attached hydrogens (primary N) is 1. The zero-order chi connectivity index (χ0) is 13.1. The molecule has 1 aliphatic rings. The van der Waals surface area contributed by atoms with E-state index < -0.39 is 0 Å². The molecule has 0 aliphatic carbocycles. The second-order valence-electron chi connectivity index (χ2n) is 4.17. The maximum absolute atomic E-state index is 11.8. The largest absolute Gasteiger partial charge is 0.350 e. The van der Waals surface area contributed by atoms with Crippen LogP contribution >= 0.6 is 0 Å².